The van der Waals surface area contributed by atoms with Crippen molar-refractivity contribution in [2.75, 3.05) is 33.9 Å². The third kappa shape index (κ3) is 16.7. The summed E-state index contributed by atoms with van der Waals surface area (Å²) in [6.07, 6.45) is 18.8. The van der Waals surface area contributed by atoms with Crippen LogP contribution in [0.2, 0.25) is 0 Å². The minimum Gasteiger partial charge on any atom is -0.493 e. The Hall–Kier alpha value is -2.33. The van der Waals surface area contributed by atoms with Crippen molar-refractivity contribution in [3.63, 3.8) is 0 Å². The van der Waals surface area contributed by atoms with Crippen molar-refractivity contribution >= 4 is 5.97 Å². The highest BCUT2D eigenvalue weighted by Gasteiger charge is 2.15. The van der Waals surface area contributed by atoms with E-state index in [4.69, 9.17) is 9.47 Å². The number of rotatable bonds is 24. The van der Waals surface area contributed by atoms with Crippen LogP contribution in [0.4, 0.5) is 0 Å². The van der Waals surface area contributed by atoms with E-state index in [1.54, 1.807) is 0 Å². The zero-order valence-corrected chi connectivity index (χ0v) is 26.0. The molecule has 0 spiro atoms. The number of carbonyl (C=O) groups excluding carboxylic acids is 1. The van der Waals surface area contributed by atoms with Crippen LogP contribution in [0.15, 0.2) is 54.6 Å². The lowest BCUT2D eigenvalue weighted by molar-refractivity contribution is -0.903. The molecule has 0 N–H and O–H groups in total. The van der Waals surface area contributed by atoms with E-state index in [-0.39, 0.29) is 5.97 Å². The van der Waals surface area contributed by atoms with Gasteiger partial charge in [0.25, 0.3) is 0 Å². The largest absolute Gasteiger partial charge is 0.493 e. The van der Waals surface area contributed by atoms with Gasteiger partial charge in [0.05, 0.1) is 33.9 Å². The lowest BCUT2D eigenvalue weighted by Gasteiger charge is -2.30. The van der Waals surface area contributed by atoms with Gasteiger partial charge in [-0.3, -0.25) is 4.79 Å². The number of para-hydroxylation sites is 1. The van der Waals surface area contributed by atoms with Crippen molar-refractivity contribution < 1.29 is 18.8 Å². The molecule has 0 aliphatic heterocycles. The summed E-state index contributed by atoms with van der Waals surface area (Å²) in [5.41, 5.74) is 2.67. The molecule has 2 aromatic carbocycles. The highest BCUT2D eigenvalue weighted by Crippen LogP contribution is 2.21. The topological polar surface area (TPSA) is 35.5 Å². The first-order valence-electron chi connectivity index (χ1n) is 16.2. The van der Waals surface area contributed by atoms with E-state index in [0.29, 0.717) is 19.6 Å². The van der Waals surface area contributed by atoms with Crippen molar-refractivity contribution in [1.82, 2.24) is 0 Å². The molecule has 4 heteroatoms. The molecule has 0 aliphatic rings. The molecule has 40 heavy (non-hydrogen) atoms. The molecule has 0 bridgehead atoms. The zero-order chi connectivity index (χ0) is 28.7. The van der Waals surface area contributed by atoms with E-state index in [9.17, 15) is 4.79 Å². The maximum Gasteiger partial charge on any atom is 0.305 e. The molecule has 4 nitrogen and oxygen atoms in total. The molecule has 0 fully saturated rings. The van der Waals surface area contributed by atoms with Crippen LogP contribution in [0.25, 0.3) is 0 Å². The van der Waals surface area contributed by atoms with E-state index in [1.165, 1.54) is 75.3 Å². The van der Waals surface area contributed by atoms with Crippen LogP contribution in [0.5, 0.6) is 5.75 Å². The molecule has 0 amide bonds. The molecule has 0 saturated heterocycles. The summed E-state index contributed by atoms with van der Waals surface area (Å²) in [5.74, 6) is 0.945. The van der Waals surface area contributed by atoms with E-state index >= 15 is 0 Å². The minimum absolute atomic E-state index is 0.0730. The number of unbranched alkanes of at least 4 members (excludes halogenated alkanes) is 11. The molecule has 2 aromatic rings. The van der Waals surface area contributed by atoms with Gasteiger partial charge < -0.3 is 14.0 Å². The summed E-state index contributed by atoms with van der Waals surface area (Å²) < 4.78 is 12.5. The fraction of sp³-hybridized carbons (Fsp3) is 0.639. The highest BCUT2D eigenvalue weighted by molar-refractivity contribution is 5.69. The fourth-order valence-electron chi connectivity index (χ4n) is 5.26. The van der Waals surface area contributed by atoms with Crippen LogP contribution in [0, 0.1) is 0 Å². The van der Waals surface area contributed by atoms with Crippen LogP contribution >= 0.6 is 0 Å². The number of carbonyl (C=O) groups is 1. The lowest BCUT2D eigenvalue weighted by atomic mass is 10.0. The zero-order valence-electron chi connectivity index (χ0n) is 26.0. The number of benzene rings is 2. The lowest BCUT2D eigenvalue weighted by Crippen LogP contribution is -2.39. The van der Waals surface area contributed by atoms with Gasteiger partial charge in [0.2, 0.25) is 0 Å². The summed E-state index contributed by atoms with van der Waals surface area (Å²) in [6, 6.07) is 19.1. The first-order valence-corrected chi connectivity index (χ1v) is 16.2. The molecule has 224 valence electrons. The van der Waals surface area contributed by atoms with Gasteiger partial charge in [0.15, 0.2) is 0 Å². The van der Waals surface area contributed by atoms with E-state index in [2.05, 4.69) is 75.6 Å². The summed E-state index contributed by atoms with van der Waals surface area (Å²) in [6.45, 7) is 5.50. The predicted molar refractivity (Wildman–Crippen MR) is 169 cm³/mol. The molecular formula is C36H58NO3+. The number of quaternary nitrogens is 1. The highest BCUT2D eigenvalue weighted by atomic mass is 16.5. The van der Waals surface area contributed by atoms with Crippen LogP contribution in [0.3, 0.4) is 0 Å². The maximum absolute atomic E-state index is 12.1. The van der Waals surface area contributed by atoms with Gasteiger partial charge in [-0.1, -0.05) is 113 Å². The minimum atomic E-state index is -0.0730. The molecule has 0 atom stereocenters. The number of ether oxygens (including phenoxy) is 2. The average molecular weight is 553 g/mol. The Morgan fingerprint density at radius 3 is 2.02 bits per heavy atom. The maximum atomic E-state index is 12.1. The Balaban J connectivity index is 1.47. The van der Waals surface area contributed by atoms with Crippen LogP contribution in [0.1, 0.15) is 114 Å². The second-order valence-electron chi connectivity index (χ2n) is 12.1. The quantitative estimate of drug-likeness (QED) is 0.0739. The summed E-state index contributed by atoms with van der Waals surface area (Å²) in [4.78, 5) is 12.1. The van der Waals surface area contributed by atoms with E-state index in [1.807, 2.05) is 0 Å². The first kappa shape index (κ1) is 33.9. The Labute approximate surface area is 246 Å². The number of aryl methyl sites for hydroxylation is 1. The van der Waals surface area contributed by atoms with Gasteiger partial charge in [-0.25, -0.2) is 0 Å². The first-order chi connectivity index (χ1) is 19.5. The fourth-order valence-corrected chi connectivity index (χ4v) is 5.26. The van der Waals surface area contributed by atoms with Crippen molar-refractivity contribution in [3.05, 3.63) is 65.7 Å². The Bertz CT molecular complexity index is 896. The number of esters is 1. The standard InChI is InChI=1S/C36H58NO3/c1-4-5-6-7-8-9-10-11-12-16-25-34-26-17-18-27-35(34)39-30-21-22-31-40-36(38)28-19-20-29-37(2,3)32-33-23-14-13-15-24-33/h13-15,17-18,23-24,26-27H,4-12,16,19-22,25,28-32H2,1-3H3/q+1. The Morgan fingerprint density at radius 2 is 1.30 bits per heavy atom. The third-order valence-corrected chi connectivity index (χ3v) is 7.68. The van der Waals surface area contributed by atoms with Gasteiger partial charge in [-0.2, -0.15) is 0 Å². The van der Waals surface area contributed by atoms with E-state index < -0.39 is 0 Å². The van der Waals surface area contributed by atoms with Gasteiger partial charge >= 0.3 is 5.97 Å². The third-order valence-electron chi connectivity index (χ3n) is 7.68. The van der Waals surface area contributed by atoms with Crippen molar-refractivity contribution in [1.29, 1.82) is 0 Å². The molecule has 0 radical (unpaired) electrons. The molecule has 0 aromatic heterocycles. The summed E-state index contributed by atoms with van der Waals surface area (Å²) in [5, 5.41) is 0. The van der Waals surface area contributed by atoms with Crippen molar-refractivity contribution in [2.24, 2.45) is 0 Å². The Morgan fingerprint density at radius 1 is 0.675 bits per heavy atom. The molecule has 0 unspecified atom stereocenters. The summed E-state index contributed by atoms with van der Waals surface area (Å²) >= 11 is 0. The predicted octanol–water partition coefficient (Wildman–Crippen LogP) is 9.30. The average Bonchev–Trinajstić information content (AvgIpc) is 2.95. The van der Waals surface area contributed by atoms with Gasteiger partial charge in [-0.15, -0.1) is 0 Å². The molecule has 0 aliphatic carbocycles. The van der Waals surface area contributed by atoms with Gasteiger partial charge in [0.1, 0.15) is 12.3 Å². The molecular weight excluding hydrogens is 494 g/mol. The van der Waals surface area contributed by atoms with Gasteiger partial charge in [-0.05, 0) is 50.2 Å². The van der Waals surface area contributed by atoms with Crippen LogP contribution in [-0.4, -0.2) is 44.3 Å². The van der Waals surface area contributed by atoms with Crippen LogP contribution < -0.4 is 4.74 Å². The van der Waals surface area contributed by atoms with Crippen molar-refractivity contribution in [3.8, 4) is 5.75 Å². The Kier molecular flexibility index (Phi) is 18.1. The molecule has 0 heterocycles. The van der Waals surface area contributed by atoms with Crippen LogP contribution in [-0.2, 0) is 22.5 Å². The van der Waals surface area contributed by atoms with E-state index in [0.717, 1.165) is 55.4 Å². The second-order valence-corrected chi connectivity index (χ2v) is 12.1. The monoisotopic (exact) mass is 552 g/mol. The SMILES string of the molecule is CCCCCCCCCCCCc1ccccc1OCCCCOC(=O)CCCC[N+](C)(C)Cc1ccccc1. The number of nitrogens with zero attached hydrogens (tertiary/aromatic N) is 1. The number of hydrogen-bond acceptors (Lipinski definition) is 3. The summed E-state index contributed by atoms with van der Waals surface area (Å²) in [7, 11) is 4.51. The molecule has 0 saturated carbocycles. The molecule has 2 rings (SSSR count). The van der Waals surface area contributed by atoms with Crippen molar-refractivity contribution in [2.45, 2.75) is 116 Å². The second kappa shape index (κ2) is 21.4. The number of hydrogen-bond donors (Lipinski definition) is 0. The normalized spacial score (nSPS) is 11.5. The van der Waals surface area contributed by atoms with Gasteiger partial charge in [0, 0.05) is 12.0 Å². The smallest absolute Gasteiger partial charge is 0.305 e.